The van der Waals surface area contributed by atoms with Crippen LogP contribution in [0.15, 0.2) is 0 Å². The summed E-state index contributed by atoms with van der Waals surface area (Å²) in [6.45, 7) is 11.7. The first kappa shape index (κ1) is 15.5. The smallest absolute Gasteiger partial charge is 0.223 e. The van der Waals surface area contributed by atoms with Crippen molar-refractivity contribution in [1.29, 1.82) is 0 Å². The molecule has 0 aromatic carbocycles. The molecule has 18 heavy (non-hydrogen) atoms. The number of piperidine rings is 1. The summed E-state index contributed by atoms with van der Waals surface area (Å²) < 4.78 is 0. The van der Waals surface area contributed by atoms with Gasteiger partial charge in [-0.2, -0.15) is 0 Å². The zero-order valence-corrected chi connectivity index (χ0v) is 12.5. The topological polar surface area (TPSA) is 32.3 Å². The lowest BCUT2D eigenvalue weighted by Gasteiger charge is -2.31. The SMILES string of the molecule is CCCN(C(=O)CC(C)C1CCCNC1)C(C)C. The molecule has 0 bridgehead atoms. The summed E-state index contributed by atoms with van der Waals surface area (Å²) in [6, 6.07) is 0.328. The van der Waals surface area contributed by atoms with E-state index in [4.69, 9.17) is 0 Å². The first-order valence-electron chi connectivity index (χ1n) is 7.56. The lowest BCUT2D eigenvalue weighted by molar-refractivity contribution is -0.134. The van der Waals surface area contributed by atoms with Gasteiger partial charge in [0, 0.05) is 19.0 Å². The molecule has 1 N–H and O–H groups in total. The fourth-order valence-electron chi connectivity index (χ4n) is 2.84. The Morgan fingerprint density at radius 3 is 2.61 bits per heavy atom. The molecule has 1 rings (SSSR count). The van der Waals surface area contributed by atoms with E-state index >= 15 is 0 Å². The number of nitrogens with zero attached hydrogens (tertiary/aromatic N) is 1. The van der Waals surface area contributed by atoms with Crippen LogP contribution in [0.3, 0.4) is 0 Å². The van der Waals surface area contributed by atoms with Crippen LogP contribution in [0.2, 0.25) is 0 Å². The van der Waals surface area contributed by atoms with Gasteiger partial charge in [-0.1, -0.05) is 13.8 Å². The van der Waals surface area contributed by atoms with Crippen LogP contribution in [-0.4, -0.2) is 36.5 Å². The van der Waals surface area contributed by atoms with E-state index in [9.17, 15) is 4.79 Å². The third kappa shape index (κ3) is 4.60. The van der Waals surface area contributed by atoms with E-state index in [0.717, 1.165) is 26.1 Å². The van der Waals surface area contributed by atoms with Crippen LogP contribution in [-0.2, 0) is 4.79 Å². The van der Waals surface area contributed by atoms with E-state index in [0.29, 0.717) is 30.2 Å². The third-order valence-electron chi connectivity index (χ3n) is 4.04. The standard InChI is InChI=1S/C15H30N2O/c1-5-9-17(12(2)3)15(18)10-13(4)14-7-6-8-16-11-14/h12-14,16H,5-11H2,1-4H3. The molecule has 0 aliphatic carbocycles. The molecule has 1 aliphatic heterocycles. The highest BCUT2D eigenvalue weighted by atomic mass is 16.2. The average Bonchev–Trinajstić information content (AvgIpc) is 2.36. The number of amides is 1. The van der Waals surface area contributed by atoms with Gasteiger partial charge in [0.1, 0.15) is 0 Å². The number of hydrogen-bond acceptors (Lipinski definition) is 2. The average molecular weight is 254 g/mol. The number of rotatable bonds is 6. The fourth-order valence-corrected chi connectivity index (χ4v) is 2.84. The molecule has 0 aromatic heterocycles. The summed E-state index contributed by atoms with van der Waals surface area (Å²) in [5.74, 6) is 1.52. The van der Waals surface area contributed by atoms with E-state index in [2.05, 4.69) is 33.0 Å². The number of hydrogen-bond donors (Lipinski definition) is 1. The predicted molar refractivity (Wildman–Crippen MR) is 76.5 cm³/mol. The second-order valence-electron chi connectivity index (χ2n) is 5.97. The molecule has 106 valence electrons. The molecule has 0 saturated carbocycles. The molecule has 1 fully saturated rings. The van der Waals surface area contributed by atoms with Gasteiger partial charge < -0.3 is 10.2 Å². The van der Waals surface area contributed by atoms with Crippen molar-refractivity contribution in [2.75, 3.05) is 19.6 Å². The van der Waals surface area contributed by atoms with E-state index in [1.54, 1.807) is 0 Å². The van der Waals surface area contributed by atoms with Gasteiger partial charge in [0.05, 0.1) is 0 Å². The zero-order valence-electron chi connectivity index (χ0n) is 12.5. The van der Waals surface area contributed by atoms with E-state index in [1.165, 1.54) is 12.8 Å². The Morgan fingerprint density at radius 2 is 2.11 bits per heavy atom. The Balaban J connectivity index is 2.45. The number of nitrogens with one attached hydrogen (secondary N) is 1. The van der Waals surface area contributed by atoms with Gasteiger partial charge in [0.25, 0.3) is 0 Å². The lowest BCUT2D eigenvalue weighted by atomic mass is 9.85. The molecule has 0 spiro atoms. The Kier molecular flexibility index (Phi) is 6.69. The molecule has 3 heteroatoms. The Hall–Kier alpha value is -0.570. The van der Waals surface area contributed by atoms with Crippen LogP contribution in [0.5, 0.6) is 0 Å². The molecule has 2 unspecified atom stereocenters. The van der Waals surface area contributed by atoms with Gasteiger partial charge in [-0.25, -0.2) is 0 Å². The Bertz CT molecular complexity index is 247. The Labute approximate surface area is 112 Å². The number of carbonyl (C=O) groups excluding carboxylic acids is 1. The van der Waals surface area contributed by atoms with Gasteiger partial charge in [-0.05, 0) is 58.0 Å². The van der Waals surface area contributed by atoms with Crippen LogP contribution >= 0.6 is 0 Å². The van der Waals surface area contributed by atoms with Crippen molar-refractivity contribution in [2.45, 2.75) is 59.4 Å². The van der Waals surface area contributed by atoms with Crippen molar-refractivity contribution < 1.29 is 4.79 Å². The van der Waals surface area contributed by atoms with Crippen molar-refractivity contribution in [3.05, 3.63) is 0 Å². The van der Waals surface area contributed by atoms with Gasteiger partial charge in [0.2, 0.25) is 5.91 Å². The molecule has 1 aliphatic rings. The molecule has 1 amide bonds. The van der Waals surface area contributed by atoms with Crippen LogP contribution in [0.1, 0.15) is 53.4 Å². The maximum absolute atomic E-state index is 12.3. The minimum Gasteiger partial charge on any atom is -0.340 e. The van der Waals surface area contributed by atoms with Crippen LogP contribution in [0.4, 0.5) is 0 Å². The highest BCUT2D eigenvalue weighted by Crippen LogP contribution is 2.23. The summed E-state index contributed by atoms with van der Waals surface area (Å²) in [5, 5.41) is 3.44. The summed E-state index contributed by atoms with van der Waals surface area (Å²) in [5.41, 5.74) is 0. The highest BCUT2D eigenvalue weighted by Gasteiger charge is 2.24. The summed E-state index contributed by atoms with van der Waals surface area (Å²) in [7, 11) is 0. The molecule has 3 nitrogen and oxygen atoms in total. The zero-order chi connectivity index (χ0) is 13.5. The van der Waals surface area contributed by atoms with Crippen LogP contribution < -0.4 is 5.32 Å². The molecule has 2 atom stereocenters. The maximum atomic E-state index is 12.3. The van der Waals surface area contributed by atoms with Gasteiger partial charge >= 0.3 is 0 Å². The summed E-state index contributed by atoms with van der Waals surface area (Å²) in [6.07, 6.45) is 4.29. The van der Waals surface area contributed by atoms with E-state index < -0.39 is 0 Å². The molecule has 0 aromatic rings. The lowest BCUT2D eigenvalue weighted by Crippen LogP contribution is -2.40. The maximum Gasteiger partial charge on any atom is 0.223 e. The van der Waals surface area contributed by atoms with Crippen molar-refractivity contribution in [2.24, 2.45) is 11.8 Å². The molecule has 1 saturated heterocycles. The van der Waals surface area contributed by atoms with E-state index in [1.807, 2.05) is 4.90 Å². The van der Waals surface area contributed by atoms with E-state index in [-0.39, 0.29) is 0 Å². The first-order valence-corrected chi connectivity index (χ1v) is 7.56. The molecule has 0 radical (unpaired) electrons. The van der Waals surface area contributed by atoms with Crippen LogP contribution in [0, 0.1) is 11.8 Å². The number of carbonyl (C=O) groups is 1. The fraction of sp³-hybridized carbons (Fsp3) is 0.933. The minimum atomic E-state index is 0.328. The summed E-state index contributed by atoms with van der Waals surface area (Å²) in [4.78, 5) is 14.4. The summed E-state index contributed by atoms with van der Waals surface area (Å²) >= 11 is 0. The second kappa shape index (κ2) is 7.78. The van der Waals surface area contributed by atoms with Gasteiger partial charge in [-0.3, -0.25) is 4.79 Å². The second-order valence-corrected chi connectivity index (χ2v) is 5.97. The van der Waals surface area contributed by atoms with Crippen molar-refractivity contribution in [3.63, 3.8) is 0 Å². The third-order valence-corrected chi connectivity index (χ3v) is 4.04. The van der Waals surface area contributed by atoms with Crippen molar-refractivity contribution >= 4 is 5.91 Å². The monoisotopic (exact) mass is 254 g/mol. The predicted octanol–water partition coefficient (Wildman–Crippen LogP) is 2.66. The largest absolute Gasteiger partial charge is 0.340 e. The highest BCUT2D eigenvalue weighted by molar-refractivity contribution is 5.76. The molecular formula is C15H30N2O. The van der Waals surface area contributed by atoms with Crippen molar-refractivity contribution in [3.8, 4) is 0 Å². The quantitative estimate of drug-likeness (QED) is 0.790. The van der Waals surface area contributed by atoms with Crippen LogP contribution in [0.25, 0.3) is 0 Å². The van der Waals surface area contributed by atoms with Gasteiger partial charge in [-0.15, -0.1) is 0 Å². The van der Waals surface area contributed by atoms with Crippen molar-refractivity contribution in [1.82, 2.24) is 10.2 Å². The van der Waals surface area contributed by atoms with Gasteiger partial charge in [0.15, 0.2) is 0 Å². The molecule has 1 heterocycles. The molecular weight excluding hydrogens is 224 g/mol. The first-order chi connectivity index (χ1) is 8.56. The normalized spacial score (nSPS) is 21.9. The Morgan fingerprint density at radius 1 is 1.39 bits per heavy atom. The minimum absolute atomic E-state index is 0.328.